The zero-order valence-electron chi connectivity index (χ0n) is 23.4. The molecule has 14 heteroatoms. The molecule has 0 spiro atoms. The van der Waals surface area contributed by atoms with E-state index < -0.39 is 78.1 Å². The highest BCUT2D eigenvalue weighted by atomic mass is 35.5. The van der Waals surface area contributed by atoms with Crippen LogP contribution >= 0.6 is 11.6 Å². The first-order valence-electron chi connectivity index (χ1n) is 13.9. The minimum atomic E-state index is -2.90. The maximum atomic E-state index is 14.5. The third kappa shape index (κ3) is 6.34. The summed E-state index contributed by atoms with van der Waals surface area (Å²) in [7, 11) is 0. The number of halogens is 5. The van der Waals surface area contributed by atoms with Gasteiger partial charge in [0, 0.05) is 48.3 Å². The number of aromatic nitrogens is 1. The quantitative estimate of drug-likeness (QED) is 0.316. The molecule has 234 valence electrons. The molecule has 9 nitrogen and oxygen atoms in total. The summed E-state index contributed by atoms with van der Waals surface area (Å²) in [5.41, 5.74) is -2.72. The molecule has 2 aromatic carbocycles. The summed E-state index contributed by atoms with van der Waals surface area (Å²) < 4.78 is 56.1. The van der Waals surface area contributed by atoms with Crippen molar-refractivity contribution in [3.8, 4) is 6.07 Å². The van der Waals surface area contributed by atoms with Crippen LogP contribution in [0.1, 0.15) is 49.1 Å². The molecule has 0 radical (unpaired) electrons. The van der Waals surface area contributed by atoms with Crippen LogP contribution in [0.3, 0.4) is 0 Å². The van der Waals surface area contributed by atoms with Gasteiger partial charge in [-0.05, 0) is 48.7 Å². The molecule has 2 heterocycles. The summed E-state index contributed by atoms with van der Waals surface area (Å²) in [6.45, 7) is 0. The summed E-state index contributed by atoms with van der Waals surface area (Å²) in [5.74, 6) is -10.0. The highest BCUT2D eigenvalue weighted by Gasteiger charge is 2.63. The van der Waals surface area contributed by atoms with Crippen LogP contribution in [0.5, 0.6) is 0 Å². The second kappa shape index (κ2) is 12.5. The lowest BCUT2D eigenvalue weighted by Crippen LogP contribution is -2.62. The Kier molecular flexibility index (Phi) is 8.82. The van der Waals surface area contributed by atoms with Gasteiger partial charge in [-0.1, -0.05) is 29.8 Å². The van der Waals surface area contributed by atoms with Crippen LogP contribution in [-0.4, -0.2) is 51.4 Å². The number of nitrogens with one attached hydrogen (secondary N) is 2. The highest BCUT2D eigenvalue weighted by Crippen LogP contribution is 2.47. The Hall–Kier alpha value is -4.54. The summed E-state index contributed by atoms with van der Waals surface area (Å²) in [5, 5.41) is 25.6. The average molecular weight is 644 g/mol. The average Bonchev–Trinajstić information content (AvgIpc) is 3.25. The Morgan fingerprint density at radius 1 is 1.09 bits per heavy atom. The first-order chi connectivity index (χ1) is 21.3. The number of benzene rings is 2. The molecule has 45 heavy (non-hydrogen) atoms. The number of carbonyl (C=O) groups excluding carboxylic acids is 3. The molecule has 3 amide bonds. The van der Waals surface area contributed by atoms with Gasteiger partial charge >= 0.3 is 0 Å². The van der Waals surface area contributed by atoms with Gasteiger partial charge in [0.05, 0.1) is 17.6 Å². The zero-order valence-corrected chi connectivity index (χ0v) is 24.2. The molecule has 1 saturated heterocycles. The van der Waals surface area contributed by atoms with E-state index >= 15 is 0 Å². The summed E-state index contributed by atoms with van der Waals surface area (Å²) >= 11 is 6.57. The Labute approximate surface area is 259 Å². The number of aliphatic hydroxyl groups excluding tert-OH is 1. The van der Waals surface area contributed by atoms with Crippen LogP contribution in [0.15, 0.2) is 60.8 Å². The predicted octanol–water partition coefficient (Wildman–Crippen LogP) is 4.84. The molecule has 2 fully saturated rings. The van der Waals surface area contributed by atoms with Gasteiger partial charge in [-0.15, -0.1) is 0 Å². The normalized spacial score (nSPS) is 22.0. The largest absolute Gasteiger partial charge is 0.383 e. The van der Waals surface area contributed by atoms with Gasteiger partial charge in [-0.3, -0.25) is 19.3 Å². The molecule has 1 aliphatic heterocycles. The van der Waals surface area contributed by atoms with E-state index in [1.807, 2.05) is 6.07 Å². The fourth-order valence-corrected chi connectivity index (χ4v) is 6.22. The monoisotopic (exact) mass is 643 g/mol. The second-order valence-electron chi connectivity index (χ2n) is 11.0. The number of hydrogen-bond acceptors (Lipinski definition) is 6. The number of nitriles is 1. The van der Waals surface area contributed by atoms with Crippen LogP contribution in [0.2, 0.25) is 5.02 Å². The third-order valence-electron chi connectivity index (χ3n) is 8.05. The molecule has 3 atom stereocenters. The van der Waals surface area contributed by atoms with Crippen molar-refractivity contribution in [1.82, 2.24) is 10.3 Å². The van der Waals surface area contributed by atoms with E-state index in [2.05, 4.69) is 15.6 Å². The van der Waals surface area contributed by atoms with Gasteiger partial charge < -0.3 is 15.7 Å². The Bertz CT molecular complexity index is 1670. The number of anilines is 2. The second-order valence-corrected chi connectivity index (χ2v) is 11.4. The van der Waals surface area contributed by atoms with Crippen LogP contribution < -0.4 is 15.5 Å². The molecule has 2 aliphatic rings. The van der Waals surface area contributed by atoms with Gasteiger partial charge in [0.25, 0.3) is 11.8 Å². The molecule has 1 saturated carbocycles. The number of hydrogen-bond donors (Lipinski definition) is 3. The number of pyridine rings is 1. The van der Waals surface area contributed by atoms with E-state index in [4.69, 9.17) is 11.6 Å². The maximum Gasteiger partial charge on any atom is 0.258 e. The van der Waals surface area contributed by atoms with E-state index in [1.165, 1.54) is 36.5 Å². The first kappa shape index (κ1) is 31.9. The lowest BCUT2D eigenvalue weighted by atomic mass is 9.74. The summed E-state index contributed by atoms with van der Waals surface area (Å²) in [6.07, 6.45) is -2.54. The number of aliphatic hydroxyl groups is 1. The third-order valence-corrected chi connectivity index (χ3v) is 8.39. The van der Waals surface area contributed by atoms with Crippen molar-refractivity contribution in [2.24, 2.45) is 0 Å². The molecular formula is C31H26ClF4N5O4. The van der Waals surface area contributed by atoms with Crippen LogP contribution in [-0.2, 0) is 14.4 Å². The molecular weight excluding hydrogens is 618 g/mol. The maximum absolute atomic E-state index is 14.5. The van der Waals surface area contributed by atoms with Crippen molar-refractivity contribution >= 4 is 40.8 Å². The van der Waals surface area contributed by atoms with Crippen molar-refractivity contribution in [1.29, 1.82) is 5.26 Å². The highest BCUT2D eigenvalue weighted by molar-refractivity contribution is 6.32. The summed E-state index contributed by atoms with van der Waals surface area (Å²) in [4.78, 5) is 47.5. The van der Waals surface area contributed by atoms with Crippen molar-refractivity contribution in [3.05, 3.63) is 88.6 Å². The smallest absolute Gasteiger partial charge is 0.258 e. The minimum Gasteiger partial charge on any atom is -0.383 e. The van der Waals surface area contributed by atoms with Crippen molar-refractivity contribution in [3.63, 3.8) is 0 Å². The molecule has 5 rings (SSSR count). The first-order valence-corrected chi connectivity index (χ1v) is 14.3. The molecule has 1 aromatic heterocycles. The Balaban J connectivity index is 1.71. The molecule has 0 bridgehead atoms. The topological polar surface area (TPSA) is 135 Å². The molecule has 2 unspecified atom stereocenters. The number of carbonyl (C=O) groups is 3. The standard InChI is InChI=1S/C31H26ClF4N5O4/c32-23-4-2-1-3-22(23)26(27(43)39-20-5-8-30(35,36)9-6-20)31(29(45)40-21-13-18(33)12-19(34)14-21)15-24(42)28(44)41(31)25-11-17(16-37)7-10-38-25/h1-4,7,10-14,20,24,26,42H,5-6,8-9,15H2,(H,39,43)(H,40,45)/t24?,26-,31?/m0/s1. The van der Waals surface area contributed by atoms with E-state index in [0.29, 0.717) is 6.07 Å². The fraction of sp³-hybridized carbons (Fsp3) is 0.323. The van der Waals surface area contributed by atoms with Crippen molar-refractivity contribution in [2.75, 3.05) is 10.2 Å². The van der Waals surface area contributed by atoms with E-state index in [1.54, 1.807) is 6.07 Å². The molecule has 3 N–H and O–H groups in total. The number of amides is 3. The molecule has 3 aromatic rings. The lowest BCUT2D eigenvalue weighted by molar-refractivity contribution is -0.132. The zero-order chi connectivity index (χ0) is 32.5. The van der Waals surface area contributed by atoms with Crippen molar-refractivity contribution < 1.29 is 37.1 Å². The van der Waals surface area contributed by atoms with E-state index in [9.17, 15) is 42.3 Å². The lowest BCUT2D eigenvalue weighted by Gasteiger charge is -2.42. The van der Waals surface area contributed by atoms with Gasteiger partial charge in [0.1, 0.15) is 29.1 Å². The Morgan fingerprint density at radius 2 is 1.76 bits per heavy atom. The number of nitrogens with zero attached hydrogens (tertiary/aromatic N) is 3. The van der Waals surface area contributed by atoms with Gasteiger partial charge in [0.15, 0.2) is 0 Å². The molecule has 1 aliphatic carbocycles. The van der Waals surface area contributed by atoms with Crippen LogP contribution in [0.25, 0.3) is 0 Å². The fourth-order valence-electron chi connectivity index (χ4n) is 5.98. The SMILES string of the molecule is N#Cc1ccnc(N2C(=O)C(O)CC2(C(=O)Nc2cc(F)cc(F)c2)[C@H](C(=O)NC2CCC(F)(F)CC2)c2ccccc2Cl)c1. The van der Waals surface area contributed by atoms with E-state index in [-0.39, 0.29) is 40.5 Å². The number of alkyl halides is 2. The van der Waals surface area contributed by atoms with Gasteiger partial charge in [-0.2, -0.15) is 5.26 Å². The predicted molar refractivity (Wildman–Crippen MR) is 154 cm³/mol. The van der Waals surface area contributed by atoms with Crippen LogP contribution in [0.4, 0.5) is 29.1 Å². The van der Waals surface area contributed by atoms with Crippen LogP contribution in [0, 0.1) is 23.0 Å². The van der Waals surface area contributed by atoms with Gasteiger partial charge in [-0.25, -0.2) is 22.5 Å². The Morgan fingerprint density at radius 3 is 2.40 bits per heavy atom. The van der Waals surface area contributed by atoms with Gasteiger partial charge in [0.2, 0.25) is 11.8 Å². The number of rotatable bonds is 7. The van der Waals surface area contributed by atoms with E-state index in [0.717, 1.165) is 17.0 Å². The van der Waals surface area contributed by atoms with Crippen molar-refractivity contribution in [2.45, 2.75) is 61.6 Å². The summed E-state index contributed by atoms with van der Waals surface area (Å²) in [6, 6.07) is 11.8. The minimum absolute atomic E-state index is 0.00988.